The van der Waals surface area contributed by atoms with Crippen molar-refractivity contribution in [3.63, 3.8) is 0 Å². The Balaban J connectivity index is 2.20. The van der Waals surface area contributed by atoms with Crippen molar-refractivity contribution < 1.29 is 13.2 Å². The highest BCUT2D eigenvalue weighted by Gasteiger charge is 2.29. The lowest BCUT2D eigenvalue weighted by molar-refractivity contribution is -0.126. The standard InChI is InChI=1S/C9H16F3N/c1-7(8-4-2-3-5-8)13-6-9(10,11)12/h7-8,13H,2-6H2,1H3. The molecule has 1 aliphatic rings. The molecule has 0 bridgehead atoms. The van der Waals surface area contributed by atoms with E-state index in [1.807, 2.05) is 6.92 Å². The van der Waals surface area contributed by atoms with Gasteiger partial charge in [0.25, 0.3) is 0 Å². The molecule has 0 spiro atoms. The third-order valence-electron chi connectivity index (χ3n) is 2.73. The molecule has 0 aromatic carbocycles. The second-order valence-corrected chi connectivity index (χ2v) is 3.83. The summed E-state index contributed by atoms with van der Waals surface area (Å²) in [5.74, 6) is 0.447. The Morgan fingerprint density at radius 3 is 2.31 bits per heavy atom. The second kappa shape index (κ2) is 4.31. The molecule has 0 aromatic rings. The third-order valence-corrected chi connectivity index (χ3v) is 2.73. The lowest BCUT2D eigenvalue weighted by Crippen LogP contribution is -2.38. The van der Waals surface area contributed by atoms with Crippen LogP contribution in [0.15, 0.2) is 0 Å². The molecule has 1 N–H and O–H groups in total. The van der Waals surface area contributed by atoms with E-state index in [2.05, 4.69) is 5.32 Å². The molecule has 0 heterocycles. The van der Waals surface area contributed by atoms with E-state index >= 15 is 0 Å². The van der Waals surface area contributed by atoms with Gasteiger partial charge in [-0.25, -0.2) is 0 Å². The molecular formula is C9H16F3N. The molecule has 1 saturated carbocycles. The molecule has 0 aromatic heterocycles. The van der Waals surface area contributed by atoms with Crippen LogP contribution in [-0.2, 0) is 0 Å². The molecule has 1 atom stereocenters. The average molecular weight is 195 g/mol. The molecule has 13 heavy (non-hydrogen) atoms. The fourth-order valence-corrected chi connectivity index (χ4v) is 1.90. The van der Waals surface area contributed by atoms with Gasteiger partial charge < -0.3 is 5.32 Å². The summed E-state index contributed by atoms with van der Waals surface area (Å²) in [5, 5.41) is 2.54. The van der Waals surface area contributed by atoms with Crippen molar-refractivity contribution in [2.24, 2.45) is 5.92 Å². The summed E-state index contributed by atoms with van der Waals surface area (Å²) in [5.41, 5.74) is 0. The third kappa shape index (κ3) is 3.98. The van der Waals surface area contributed by atoms with E-state index in [0.717, 1.165) is 12.8 Å². The van der Waals surface area contributed by atoms with Gasteiger partial charge in [0, 0.05) is 6.04 Å². The number of hydrogen-bond donors (Lipinski definition) is 1. The SMILES string of the molecule is CC(NCC(F)(F)F)C1CCCC1. The summed E-state index contributed by atoms with van der Waals surface area (Å²) in [4.78, 5) is 0. The summed E-state index contributed by atoms with van der Waals surface area (Å²) < 4.78 is 35.5. The Hall–Kier alpha value is -0.250. The molecule has 0 saturated heterocycles. The molecule has 1 rings (SSSR count). The molecular weight excluding hydrogens is 179 g/mol. The predicted molar refractivity (Wildman–Crippen MR) is 45.5 cm³/mol. The first-order valence-electron chi connectivity index (χ1n) is 4.79. The van der Waals surface area contributed by atoms with Crippen LogP contribution in [0.1, 0.15) is 32.6 Å². The fraction of sp³-hybridized carbons (Fsp3) is 1.00. The summed E-state index contributed by atoms with van der Waals surface area (Å²) in [6.45, 7) is 0.992. The summed E-state index contributed by atoms with van der Waals surface area (Å²) >= 11 is 0. The Bertz CT molecular complexity index is 149. The van der Waals surface area contributed by atoms with Gasteiger partial charge in [-0.3, -0.25) is 0 Å². The largest absolute Gasteiger partial charge is 0.401 e. The van der Waals surface area contributed by atoms with Crippen LogP contribution in [0.2, 0.25) is 0 Å². The number of halogens is 3. The van der Waals surface area contributed by atoms with Crippen molar-refractivity contribution in [1.29, 1.82) is 0 Å². The molecule has 78 valence electrons. The van der Waals surface area contributed by atoms with Gasteiger partial charge in [0.05, 0.1) is 6.54 Å². The average Bonchev–Trinajstić information content (AvgIpc) is 2.50. The Labute approximate surface area is 76.7 Å². The van der Waals surface area contributed by atoms with E-state index in [-0.39, 0.29) is 6.04 Å². The van der Waals surface area contributed by atoms with Gasteiger partial charge in [-0.05, 0) is 25.7 Å². The fourth-order valence-electron chi connectivity index (χ4n) is 1.90. The monoisotopic (exact) mass is 195 g/mol. The van der Waals surface area contributed by atoms with Crippen LogP contribution < -0.4 is 5.32 Å². The van der Waals surface area contributed by atoms with Gasteiger partial charge in [-0.15, -0.1) is 0 Å². The topological polar surface area (TPSA) is 12.0 Å². The van der Waals surface area contributed by atoms with E-state index in [1.54, 1.807) is 0 Å². The van der Waals surface area contributed by atoms with Gasteiger partial charge in [-0.1, -0.05) is 12.8 Å². The molecule has 1 unspecified atom stereocenters. The molecule has 0 amide bonds. The van der Waals surface area contributed by atoms with Crippen LogP contribution in [0.3, 0.4) is 0 Å². The van der Waals surface area contributed by atoms with Gasteiger partial charge in [-0.2, -0.15) is 13.2 Å². The van der Waals surface area contributed by atoms with Crippen LogP contribution in [0, 0.1) is 5.92 Å². The minimum atomic E-state index is -4.08. The number of hydrogen-bond acceptors (Lipinski definition) is 1. The van der Waals surface area contributed by atoms with Crippen molar-refractivity contribution >= 4 is 0 Å². The molecule has 1 aliphatic carbocycles. The van der Waals surface area contributed by atoms with Crippen molar-refractivity contribution in [3.05, 3.63) is 0 Å². The quantitative estimate of drug-likeness (QED) is 0.730. The number of nitrogens with one attached hydrogen (secondary N) is 1. The van der Waals surface area contributed by atoms with E-state index in [4.69, 9.17) is 0 Å². The maximum Gasteiger partial charge on any atom is 0.401 e. The summed E-state index contributed by atoms with van der Waals surface area (Å²) in [7, 11) is 0. The molecule has 0 aliphatic heterocycles. The first-order valence-corrected chi connectivity index (χ1v) is 4.79. The van der Waals surface area contributed by atoms with Gasteiger partial charge in [0.1, 0.15) is 0 Å². The lowest BCUT2D eigenvalue weighted by atomic mass is 10.00. The minimum Gasteiger partial charge on any atom is -0.306 e. The van der Waals surface area contributed by atoms with Crippen molar-refractivity contribution in [2.45, 2.75) is 44.8 Å². The van der Waals surface area contributed by atoms with Crippen LogP contribution >= 0.6 is 0 Å². The van der Waals surface area contributed by atoms with Crippen molar-refractivity contribution in [2.75, 3.05) is 6.54 Å². The zero-order chi connectivity index (χ0) is 9.90. The highest BCUT2D eigenvalue weighted by atomic mass is 19.4. The first kappa shape index (κ1) is 10.8. The van der Waals surface area contributed by atoms with Gasteiger partial charge in [0.2, 0.25) is 0 Å². The molecule has 0 radical (unpaired) electrons. The lowest BCUT2D eigenvalue weighted by Gasteiger charge is -2.21. The van der Waals surface area contributed by atoms with Crippen molar-refractivity contribution in [1.82, 2.24) is 5.32 Å². The summed E-state index contributed by atoms with van der Waals surface area (Å²) in [6.07, 6.45) is 0.413. The first-order chi connectivity index (χ1) is 5.99. The second-order valence-electron chi connectivity index (χ2n) is 3.83. The van der Waals surface area contributed by atoms with Crippen molar-refractivity contribution in [3.8, 4) is 0 Å². The van der Waals surface area contributed by atoms with E-state index in [0.29, 0.717) is 5.92 Å². The van der Waals surface area contributed by atoms with Crippen LogP contribution in [-0.4, -0.2) is 18.8 Å². The zero-order valence-electron chi connectivity index (χ0n) is 7.82. The summed E-state index contributed by atoms with van der Waals surface area (Å²) in [6, 6.07) is 0.00382. The van der Waals surface area contributed by atoms with Crippen LogP contribution in [0.25, 0.3) is 0 Å². The van der Waals surface area contributed by atoms with E-state index < -0.39 is 12.7 Å². The smallest absolute Gasteiger partial charge is 0.306 e. The maximum absolute atomic E-state index is 11.8. The maximum atomic E-state index is 11.8. The van der Waals surface area contributed by atoms with Crippen LogP contribution in [0.5, 0.6) is 0 Å². The molecule has 1 fully saturated rings. The van der Waals surface area contributed by atoms with E-state index in [9.17, 15) is 13.2 Å². The normalized spacial score (nSPS) is 22.2. The number of alkyl halides is 3. The number of rotatable bonds is 3. The van der Waals surface area contributed by atoms with Crippen LogP contribution in [0.4, 0.5) is 13.2 Å². The Morgan fingerprint density at radius 1 is 1.31 bits per heavy atom. The molecule has 4 heteroatoms. The highest BCUT2D eigenvalue weighted by molar-refractivity contribution is 4.77. The zero-order valence-corrected chi connectivity index (χ0v) is 7.82. The minimum absolute atomic E-state index is 0.00382. The van der Waals surface area contributed by atoms with Gasteiger partial charge >= 0.3 is 6.18 Å². The van der Waals surface area contributed by atoms with E-state index in [1.165, 1.54) is 12.8 Å². The highest BCUT2D eigenvalue weighted by Crippen LogP contribution is 2.27. The predicted octanol–water partition coefficient (Wildman–Crippen LogP) is 2.72. The van der Waals surface area contributed by atoms with Gasteiger partial charge in [0.15, 0.2) is 0 Å². The Kier molecular flexibility index (Phi) is 3.59. The molecule has 1 nitrogen and oxygen atoms in total. The Morgan fingerprint density at radius 2 is 1.85 bits per heavy atom.